The van der Waals surface area contributed by atoms with Crippen molar-refractivity contribution in [1.82, 2.24) is 0 Å². The van der Waals surface area contributed by atoms with Crippen LogP contribution < -0.4 is 0 Å². The molecule has 5 nitrogen and oxygen atoms in total. The number of nitro groups is 1. The summed E-state index contributed by atoms with van der Waals surface area (Å²) < 4.78 is 0.337. The van der Waals surface area contributed by atoms with E-state index in [1.165, 1.54) is 30.3 Å². The standard InChI is InChI=1S/C13H6BrClN2O3/c14-10-4-7(6-16)3-9(13(10)18)8-1-2-11(15)12(5-8)17(19)20/h1-5,18H. The van der Waals surface area contributed by atoms with Crippen LogP contribution in [-0.2, 0) is 0 Å². The number of hydrogen-bond acceptors (Lipinski definition) is 4. The maximum absolute atomic E-state index is 10.9. The van der Waals surface area contributed by atoms with Gasteiger partial charge >= 0.3 is 0 Å². The number of halogens is 2. The van der Waals surface area contributed by atoms with Gasteiger partial charge in [-0.25, -0.2) is 0 Å². The highest BCUT2D eigenvalue weighted by molar-refractivity contribution is 9.10. The molecule has 0 radical (unpaired) electrons. The van der Waals surface area contributed by atoms with Crippen molar-refractivity contribution >= 4 is 33.2 Å². The molecule has 0 aliphatic heterocycles. The topological polar surface area (TPSA) is 87.2 Å². The van der Waals surface area contributed by atoms with Crippen molar-refractivity contribution in [2.75, 3.05) is 0 Å². The Morgan fingerprint density at radius 2 is 2.05 bits per heavy atom. The first-order valence-corrected chi connectivity index (χ1v) is 6.48. The quantitative estimate of drug-likeness (QED) is 0.645. The van der Waals surface area contributed by atoms with Crippen molar-refractivity contribution in [3.05, 3.63) is 55.5 Å². The van der Waals surface area contributed by atoms with Crippen molar-refractivity contribution in [3.63, 3.8) is 0 Å². The summed E-state index contributed by atoms with van der Waals surface area (Å²) in [6.07, 6.45) is 0. The van der Waals surface area contributed by atoms with Crippen LogP contribution in [0.1, 0.15) is 5.56 Å². The molecule has 0 bridgehead atoms. The van der Waals surface area contributed by atoms with E-state index < -0.39 is 4.92 Å². The zero-order chi connectivity index (χ0) is 14.9. The van der Waals surface area contributed by atoms with Gasteiger partial charge in [0.2, 0.25) is 0 Å². The van der Waals surface area contributed by atoms with Gasteiger partial charge in [-0.05, 0) is 39.7 Å². The van der Waals surface area contributed by atoms with Crippen molar-refractivity contribution < 1.29 is 10.0 Å². The summed E-state index contributed by atoms with van der Waals surface area (Å²) in [6, 6.07) is 9.04. The first kappa shape index (κ1) is 14.3. The number of phenols is 1. The van der Waals surface area contributed by atoms with E-state index >= 15 is 0 Å². The lowest BCUT2D eigenvalue weighted by atomic mass is 10.0. The van der Waals surface area contributed by atoms with E-state index in [1.54, 1.807) is 0 Å². The molecule has 0 saturated carbocycles. The fraction of sp³-hybridized carbons (Fsp3) is 0. The van der Waals surface area contributed by atoms with Gasteiger partial charge in [-0.1, -0.05) is 17.7 Å². The van der Waals surface area contributed by atoms with E-state index in [1.807, 2.05) is 6.07 Å². The van der Waals surface area contributed by atoms with Gasteiger partial charge in [-0.3, -0.25) is 10.1 Å². The molecule has 0 atom stereocenters. The number of nitrogens with zero attached hydrogens (tertiary/aromatic N) is 2. The van der Waals surface area contributed by atoms with Crippen LogP contribution in [0.4, 0.5) is 5.69 Å². The molecule has 0 aliphatic rings. The van der Waals surface area contributed by atoms with Gasteiger partial charge in [0, 0.05) is 11.6 Å². The van der Waals surface area contributed by atoms with Crippen molar-refractivity contribution in [3.8, 4) is 22.9 Å². The Bertz CT molecular complexity index is 756. The third-order valence-electron chi connectivity index (χ3n) is 2.65. The molecule has 0 fully saturated rings. The maximum atomic E-state index is 10.9. The fourth-order valence-electron chi connectivity index (χ4n) is 1.70. The normalized spacial score (nSPS) is 10.1. The average molecular weight is 354 g/mol. The predicted octanol–water partition coefficient (Wildman–Crippen LogP) is 4.25. The van der Waals surface area contributed by atoms with Crippen LogP contribution in [0.25, 0.3) is 11.1 Å². The molecule has 1 N–H and O–H groups in total. The molecule has 0 aromatic heterocycles. The van der Waals surface area contributed by atoms with Crippen molar-refractivity contribution in [2.45, 2.75) is 0 Å². The Balaban J connectivity index is 2.69. The minimum Gasteiger partial charge on any atom is -0.506 e. The molecule has 0 aliphatic carbocycles. The van der Waals surface area contributed by atoms with Crippen molar-refractivity contribution in [1.29, 1.82) is 5.26 Å². The van der Waals surface area contributed by atoms with Gasteiger partial charge in [-0.15, -0.1) is 0 Å². The number of rotatable bonds is 2. The summed E-state index contributed by atoms with van der Waals surface area (Å²) in [5.41, 5.74) is 0.774. The van der Waals surface area contributed by atoms with Crippen LogP contribution in [0, 0.1) is 21.4 Å². The molecule has 0 spiro atoms. The molecule has 0 unspecified atom stereocenters. The van der Waals surface area contributed by atoms with Crippen LogP contribution in [0.2, 0.25) is 5.02 Å². The Morgan fingerprint density at radius 1 is 1.35 bits per heavy atom. The third kappa shape index (κ3) is 2.59. The lowest BCUT2D eigenvalue weighted by Gasteiger charge is -2.08. The molecular weight excluding hydrogens is 348 g/mol. The first-order valence-electron chi connectivity index (χ1n) is 5.31. The number of benzene rings is 2. The highest BCUT2D eigenvalue weighted by Gasteiger charge is 2.16. The summed E-state index contributed by atoms with van der Waals surface area (Å²) in [6.45, 7) is 0. The monoisotopic (exact) mass is 352 g/mol. The van der Waals surface area contributed by atoms with Gasteiger partial charge in [0.25, 0.3) is 5.69 Å². The van der Waals surface area contributed by atoms with E-state index in [9.17, 15) is 15.2 Å². The van der Waals surface area contributed by atoms with Gasteiger partial charge < -0.3 is 5.11 Å². The molecule has 2 aromatic rings. The molecule has 2 rings (SSSR count). The SMILES string of the molecule is N#Cc1cc(Br)c(O)c(-c2ccc(Cl)c([N+](=O)[O-])c2)c1. The number of aromatic hydroxyl groups is 1. The lowest BCUT2D eigenvalue weighted by Crippen LogP contribution is -1.91. The Hall–Kier alpha value is -2.10. The Morgan fingerprint density at radius 3 is 2.65 bits per heavy atom. The molecular formula is C13H6BrClN2O3. The van der Waals surface area contributed by atoms with Crippen molar-refractivity contribution in [2.24, 2.45) is 0 Å². The molecule has 0 amide bonds. The molecule has 0 heterocycles. The van der Waals surface area contributed by atoms with Gasteiger partial charge in [0.15, 0.2) is 0 Å². The zero-order valence-electron chi connectivity index (χ0n) is 9.80. The summed E-state index contributed by atoms with van der Waals surface area (Å²) in [4.78, 5) is 10.3. The van der Waals surface area contributed by atoms with Gasteiger partial charge in [-0.2, -0.15) is 5.26 Å². The van der Waals surface area contributed by atoms with Gasteiger partial charge in [0.05, 0.1) is 21.0 Å². The predicted molar refractivity (Wildman–Crippen MR) is 77.6 cm³/mol. The van der Waals surface area contributed by atoms with E-state index in [4.69, 9.17) is 16.9 Å². The second-order valence-electron chi connectivity index (χ2n) is 3.89. The van der Waals surface area contributed by atoms with E-state index in [0.29, 0.717) is 21.2 Å². The average Bonchev–Trinajstić information content (AvgIpc) is 2.42. The largest absolute Gasteiger partial charge is 0.506 e. The summed E-state index contributed by atoms with van der Waals surface area (Å²) in [5.74, 6) is -0.0966. The minimum atomic E-state index is -0.605. The van der Waals surface area contributed by atoms with Gasteiger partial charge in [0.1, 0.15) is 10.8 Å². The van der Waals surface area contributed by atoms with E-state index in [2.05, 4.69) is 15.9 Å². The number of nitro benzene ring substituents is 1. The lowest BCUT2D eigenvalue weighted by molar-refractivity contribution is -0.384. The first-order chi connectivity index (χ1) is 9.43. The highest BCUT2D eigenvalue weighted by atomic mass is 79.9. The molecule has 20 heavy (non-hydrogen) atoms. The van der Waals surface area contributed by atoms with Crippen LogP contribution in [-0.4, -0.2) is 10.0 Å². The Kier molecular flexibility index (Phi) is 3.93. The van der Waals surface area contributed by atoms with Crippen LogP contribution in [0.5, 0.6) is 5.75 Å². The number of phenolic OH excluding ortho intramolecular Hbond substituents is 1. The number of hydrogen-bond donors (Lipinski definition) is 1. The van der Waals surface area contributed by atoms with E-state index in [0.717, 1.165) is 0 Å². The van der Waals surface area contributed by atoms with Crippen LogP contribution in [0.3, 0.4) is 0 Å². The highest BCUT2D eigenvalue weighted by Crippen LogP contribution is 2.39. The maximum Gasteiger partial charge on any atom is 0.288 e. The fourth-order valence-corrected chi connectivity index (χ4v) is 2.35. The van der Waals surface area contributed by atoms with Crippen LogP contribution >= 0.6 is 27.5 Å². The second kappa shape index (κ2) is 5.49. The smallest absolute Gasteiger partial charge is 0.288 e. The van der Waals surface area contributed by atoms with E-state index in [-0.39, 0.29) is 16.5 Å². The summed E-state index contributed by atoms with van der Waals surface area (Å²) in [5, 5.41) is 29.8. The van der Waals surface area contributed by atoms with Crippen LogP contribution in [0.15, 0.2) is 34.8 Å². The summed E-state index contributed by atoms with van der Waals surface area (Å²) >= 11 is 8.88. The zero-order valence-corrected chi connectivity index (χ0v) is 12.1. The molecule has 0 saturated heterocycles. The second-order valence-corrected chi connectivity index (χ2v) is 5.15. The number of nitriles is 1. The third-order valence-corrected chi connectivity index (χ3v) is 3.57. The minimum absolute atomic E-state index is 0.00810. The Labute approximate surface area is 127 Å². The molecule has 100 valence electrons. The molecule has 2 aromatic carbocycles. The molecule has 7 heteroatoms. The summed E-state index contributed by atoms with van der Waals surface area (Å²) in [7, 11) is 0.